The third kappa shape index (κ3) is 4.30. The fourth-order valence-corrected chi connectivity index (χ4v) is 1.91. The summed E-state index contributed by atoms with van der Waals surface area (Å²) in [6.07, 6.45) is -11.2. The van der Waals surface area contributed by atoms with Crippen LogP contribution in [0.1, 0.15) is 48.1 Å². The molecular weight excluding hydrogens is 344 g/mol. The van der Waals surface area contributed by atoms with Crippen LogP contribution in [-0.2, 0) is 17.1 Å². The van der Waals surface area contributed by atoms with E-state index < -0.39 is 52.7 Å². The van der Waals surface area contributed by atoms with Gasteiger partial charge in [0.05, 0.1) is 12.7 Å². The van der Waals surface area contributed by atoms with Crippen LogP contribution < -0.4 is 4.74 Å². The summed E-state index contributed by atoms with van der Waals surface area (Å²) >= 11 is 0. The first-order valence-electron chi connectivity index (χ1n) is 6.83. The summed E-state index contributed by atoms with van der Waals surface area (Å²) < 4.78 is 88.2. The van der Waals surface area contributed by atoms with Crippen LogP contribution in [0.25, 0.3) is 0 Å². The number of hydrogen-bond acceptors (Lipinski definition) is 4. The van der Waals surface area contributed by atoms with Gasteiger partial charge in [0.15, 0.2) is 11.4 Å². The Bertz CT molecular complexity index is 622. The van der Waals surface area contributed by atoms with E-state index in [1.807, 2.05) is 0 Å². The lowest BCUT2D eigenvalue weighted by Gasteiger charge is -2.22. The molecule has 0 fully saturated rings. The summed E-state index contributed by atoms with van der Waals surface area (Å²) in [7, 11) is 0. The maximum atomic E-state index is 13.2. The lowest BCUT2D eigenvalue weighted by molar-refractivity contribution is -0.151. The van der Waals surface area contributed by atoms with Crippen molar-refractivity contribution in [2.75, 3.05) is 6.61 Å². The summed E-state index contributed by atoms with van der Waals surface area (Å²) in [5, 5.41) is 0. The number of carbonyl (C=O) groups excluding carboxylic acids is 1. The van der Waals surface area contributed by atoms with Crippen LogP contribution in [0.4, 0.5) is 26.3 Å². The molecule has 0 radical (unpaired) electrons. The normalized spacial score (nSPS) is 12.5. The molecular formula is C14H15F6NO3. The molecule has 136 valence electrons. The second kappa shape index (κ2) is 6.86. The molecule has 0 aromatic carbocycles. The molecule has 0 atom stereocenters. The highest BCUT2D eigenvalue weighted by Crippen LogP contribution is 2.42. The lowest BCUT2D eigenvalue weighted by Crippen LogP contribution is -2.25. The van der Waals surface area contributed by atoms with Gasteiger partial charge in [0.1, 0.15) is 11.3 Å². The number of hydrogen-bond donors (Lipinski definition) is 0. The highest BCUT2D eigenvalue weighted by molar-refractivity contribution is 5.94. The monoisotopic (exact) mass is 359 g/mol. The first-order valence-corrected chi connectivity index (χ1v) is 6.83. The predicted octanol–water partition coefficient (Wildman–Crippen LogP) is 4.39. The van der Waals surface area contributed by atoms with Gasteiger partial charge in [-0.15, -0.1) is 0 Å². The summed E-state index contributed by atoms with van der Waals surface area (Å²) in [6, 6.07) is 0. The number of halogens is 6. The second-order valence-corrected chi connectivity index (χ2v) is 5.02. The largest absolute Gasteiger partial charge is 0.490 e. The molecule has 0 amide bonds. The molecule has 0 aliphatic heterocycles. The van der Waals surface area contributed by atoms with Gasteiger partial charge in [0.25, 0.3) is 0 Å². The minimum absolute atomic E-state index is 0.267. The number of esters is 1. The van der Waals surface area contributed by atoms with E-state index in [1.165, 1.54) is 20.8 Å². The SMILES string of the molecule is CCOC(=O)c1c(C(F)(F)F)nc(C(F)(F)F)c(C)c1OC(C)C. The Balaban J connectivity index is 3.87. The maximum Gasteiger partial charge on any atom is 0.434 e. The van der Waals surface area contributed by atoms with Gasteiger partial charge in [-0.25, -0.2) is 9.78 Å². The van der Waals surface area contributed by atoms with E-state index in [-0.39, 0.29) is 6.61 Å². The molecule has 0 aliphatic rings. The lowest BCUT2D eigenvalue weighted by atomic mass is 10.0. The van der Waals surface area contributed by atoms with E-state index >= 15 is 0 Å². The van der Waals surface area contributed by atoms with E-state index in [2.05, 4.69) is 9.72 Å². The molecule has 1 heterocycles. The fraction of sp³-hybridized carbons (Fsp3) is 0.571. The van der Waals surface area contributed by atoms with Gasteiger partial charge in [-0.3, -0.25) is 0 Å². The van der Waals surface area contributed by atoms with E-state index in [1.54, 1.807) is 0 Å². The van der Waals surface area contributed by atoms with Crippen LogP contribution in [0, 0.1) is 6.92 Å². The Morgan fingerprint density at radius 2 is 1.58 bits per heavy atom. The van der Waals surface area contributed by atoms with Crippen molar-refractivity contribution in [3.8, 4) is 5.75 Å². The molecule has 10 heteroatoms. The summed E-state index contributed by atoms with van der Waals surface area (Å²) in [4.78, 5) is 14.6. The molecule has 0 aliphatic carbocycles. The molecule has 0 N–H and O–H groups in total. The van der Waals surface area contributed by atoms with Crippen molar-refractivity contribution in [3.05, 3.63) is 22.5 Å². The Kier molecular flexibility index (Phi) is 5.73. The maximum absolute atomic E-state index is 13.2. The highest BCUT2D eigenvalue weighted by atomic mass is 19.4. The number of nitrogens with zero attached hydrogens (tertiary/aromatic N) is 1. The van der Waals surface area contributed by atoms with E-state index in [9.17, 15) is 31.1 Å². The molecule has 0 unspecified atom stereocenters. The summed E-state index contributed by atoms with van der Waals surface area (Å²) in [6.45, 7) is 4.76. The Hall–Kier alpha value is -2.00. The smallest absolute Gasteiger partial charge is 0.434 e. The second-order valence-electron chi connectivity index (χ2n) is 5.02. The molecule has 4 nitrogen and oxygen atoms in total. The number of rotatable bonds is 4. The zero-order valence-corrected chi connectivity index (χ0v) is 13.2. The van der Waals surface area contributed by atoms with Gasteiger partial charge in [0, 0.05) is 5.56 Å². The van der Waals surface area contributed by atoms with E-state index in [0.717, 1.165) is 6.92 Å². The van der Waals surface area contributed by atoms with Gasteiger partial charge in [-0.1, -0.05) is 0 Å². The molecule has 1 aromatic rings. The average molecular weight is 359 g/mol. The summed E-state index contributed by atoms with van der Waals surface area (Å²) in [5.74, 6) is -2.29. The zero-order valence-electron chi connectivity index (χ0n) is 13.2. The van der Waals surface area contributed by atoms with Crippen LogP contribution in [0.5, 0.6) is 5.75 Å². The van der Waals surface area contributed by atoms with Gasteiger partial charge >= 0.3 is 18.3 Å². The van der Waals surface area contributed by atoms with E-state index in [4.69, 9.17) is 4.74 Å². The average Bonchev–Trinajstić information content (AvgIpc) is 2.37. The Morgan fingerprint density at radius 1 is 1.08 bits per heavy atom. The summed E-state index contributed by atoms with van der Waals surface area (Å²) in [5.41, 5.74) is -5.64. The van der Waals surface area contributed by atoms with Crippen LogP contribution in [0.2, 0.25) is 0 Å². The number of ether oxygens (including phenoxy) is 2. The van der Waals surface area contributed by atoms with Crippen LogP contribution in [-0.4, -0.2) is 23.7 Å². The molecule has 24 heavy (non-hydrogen) atoms. The number of pyridine rings is 1. The highest BCUT2D eigenvalue weighted by Gasteiger charge is 2.45. The number of carbonyl (C=O) groups is 1. The third-order valence-electron chi connectivity index (χ3n) is 2.75. The predicted molar refractivity (Wildman–Crippen MR) is 70.7 cm³/mol. The molecule has 0 saturated carbocycles. The van der Waals surface area contributed by atoms with Gasteiger partial charge < -0.3 is 9.47 Å². The standard InChI is InChI=1S/C14H15F6NO3/c1-5-23-12(22)8-9(24-6(2)3)7(4)10(13(15,16)17)21-11(8)14(18,19)20/h6H,5H2,1-4H3. The van der Waals surface area contributed by atoms with Crippen molar-refractivity contribution in [2.24, 2.45) is 0 Å². The first kappa shape index (κ1) is 20.0. The Labute approximate surface area is 133 Å². The van der Waals surface area contributed by atoms with Crippen molar-refractivity contribution in [1.29, 1.82) is 0 Å². The van der Waals surface area contributed by atoms with Crippen molar-refractivity contribution < 1.29 is 40.6 Å². The quantitative estimate of drug-likeness (QED) is 0.591. The molecule has 0 spiro atoms. The van der Waals surface area contributed by atoms with Crippen LogP contribution >= 0.6 is 0 Å². The van der Waals surface area contributed by atoms with Gasteiger partial charge in [-0.2, -0.15) is 26.3 Å². The number of alkyl halides is 6. The minimum atomic E-state index is -5.30. The molecule has 0 saturated heterocycles. The van der Waals surface area contributed by atoms with Crippen LogP contribution in [0.15, 0.2) is 0 Å². The first-order chi connectivity index (χ1) is 10.8. The van der Waals surface area contributed by atoms with Crippen LogP contribution in [0.3, 0.4) is 0 Å². The van der Waals surface area contributed by atoms with Crippen molar-refractivity contribution in [2.45, 2.75) is 46.2 Å². The molecule has 1 rings (SSSR count). The molecule has 0 bridgehead atoms. The third-order valence-corrected chi connectivity index (χ3v) is 2.75. The van der Waals surface area contributed by atoms with Crippen molar-refractivity contribution >= 4 is 5.97 Å². The fourth-order valence-electron chi connectivity index (χ4n) is 1.91. The van der Waals surface area contributed by atoms with Crippen molar-refractivity contribution in [1.82, 2.24) is 4.98 Å². The van der Waals surface area contributed by atoms with Crippen molar-refractivity contribution in [3.63, 3.8) is 0 Å². The van der Waals surface area contributed by atoms with Gasteiger partial charge in [0.2, 0.25) is 0 Å². The number of aromatic nitrogens is 1. The topological polar surface area (TPSA) is 48.4 Å². The molecule has 1 aromatic heterocycles. The zero-order chi connectivity index (χ0) is 18.9. The van der Waals surface area contributed by atoms with E-state index in [0.29, 0.717) is 0 Å². The van der Waals surface area contributed by atoms with Gasteiger partial charge in [-0.05, 0) is 27.7 Å². The minimum Gasteiger partial charge on any atom is -0.490 e. The Morgan fingerprint density at radius 3 is 1.96 bits per heavy atom.